The summed E-state index contributed by atoms with van der Waals surface area (Å²) in [4.78, 5) is 15.7. The lowest BCUT2D eigenvalue weighted by atomic mass is 10.1. The number of hydrogen-bond acceptors (Lipinski definition) is 4. The van der Waals surface area contributed by atoms with Gasteiger partial charge in [-0.1, -0.05) is 0 Å². The van der Waals surface area contributed by atoms with Gasteiger partial charge in [-0.2, -0.15) is 0 Å². The van der Waals surface area contributed by atoms with Gasteiger partial charge < -0.3 is 10.7 Å². The van der Waals surface area contributed by atoms with Crippen LogP contribution in [0.1, 0.15) is 5.56 Å². The average Bonchev–Trinajstić information content (AvgIpc) is 2.72. The number of aromatic amines is 1. The van der Waals surface area contributed by atoms with Crippen LogP contribution in [0, 0.1) is 6.92 Å². The van der Waals surface area contributed by atoms with Gasteiger partial charge in [0.1, 0.15) is 17.7 Å². The highest BCUT2D eigenvalue weighted by atomic mass is 15.0. The largest absolute Gasteiger partial charge is 0.399 e. The van der Waals surface area contributed by atoms with E-state index < -0.39 is 0 Å². The fraction of sp³-hybridized carbons (Fsp3) is 0.0833. The number of fused-ring (bicyclic) bond motifs is 1. The first-order valence-corrected chi connectivity index (χ1v) is 5.26. The van der Waals surface area contributed by atoms with E-state index in [1.54, 1.807) is 6.20 Å². The molecule has 2 heterocycles. The van der Waals surface area contributed by atoms with Crippen molar-refractivity contribution >= 4 is 16.9 Å². The number of nitrogens with two attached hydrogens (primary N) is 1. The third kappa shape index (κ3) is 1.61. The minimum Gasteiger partial charge on any atom is -0.399 e. The number of benzene rings is 1. The first kappa shape index (κ1) is 9.77. The van der Waals surface area contributed by atoms with E-state index in [2.05, 4.69) is 19.9 Å². The molecule has 0 radical (unpaired) electrons. The van der Waals surface area contributed by atoms with Crippen LogP contribution in [0.15, 0.2) is 30.7 Å². The molecule has 1 aromatic carbocycles. The summed E-state index contributed by atoms with van der Waals surface area (Å²) in [7, 11) is 0. The summed E-state index contributed by atoms with van der Waals surface area (Å²) in [5.74, 6) is 0.790. The van der Waals surface area contributed by atoms with Gasteiger partial charge in [-0.05, 0) is 30.7 Å². The van der Waals surface area contributed by atoms with E-state index >= 15 is 0 Å². The van der Waals surface area contributed by atoms with E-state index in [1.165, 1.54) is 6.33 Å². The van der Waals surface area contributed by atoms with Crippen LogP contribution >= 0.6 is 0 Å². The highest BCUT2D eigenvalue weighted by molar-refractivity contribution is 5.76. The lowest BCUT2D eigenvalue weighted by Crippen LogP contribution is -1.89. The SMILES string of the molecule is Cc1cc(N)ccc1-c1nc2ncncc2[nH]1. The van der Waals surface area contributed by atoms with Crippen molar-refractivity contribution in [2.45, 2.75) is 6.92 Å². The minimum atomic E-state index is 0.672. The number of aromatic nitrogens is 4. The van der Waals surface area contributed by atoms with Crippen LogP contribution in [0.3, 0.4) is 0 Å². The number of nitrogen functional groups attached to an aromatic ring is 1. The fourth-order valence-electron chi connectivity index (χ4n) is 1.84. The molecular formula is C12H11N5. The van der Waals surface area contributed by atoms with E-state index in [0.29, 0.717) is 5.65 Å². The molecule has 3 aromatic rings. The maximum atomic E-state index is 5.73. The number of nitrogens with one attached hydrogen (secondary N) is 1. The van der Waals surface area contributed by atoms with E-state index in [4.69, 9.17) is 5.73 Å². The zero-order valence-corrected chi connectivity index (χ0v) is 9.31. The number of rotatable bonds is 1. The minimum absolute atomic E-state index is 0.672. The monoisotopic (exact) mass is 225 g/mol. The van der Waals surface area contributed by atoms with Crippen LogP contribution in [-0.4, -0.2) is 19.9 Å². The van der Waals surface area contributed by atoms with Gasteiger partial charge in [0.15, 0.2) is 5.65 Å². The molecule has 5 heteroatoms. The van der Waals surface area contributed by atoms with Crippen LogP contribution in [0.5, 0.6) is 0 Å². The first-order valence-electron chi connectivity index (χ1n) is 5.26. The number of nitrogens with zero attached hydrogens (tertiary/aromatic N) is 3. The molecule has 0 amide bonds. The maximum absolute atomic E-state index is 5.73. The lowest BCUT2D eigenvalue weighted by molar-refractivity contribution is 1.20. The molecule has 84 valence electrons. The molecule has 0 saturated carbocycles. The number of anilines is 1. The van der Waals surface area contributed by atoms with Crippen LogP contribution in [0.25, 0.3) is 22.6 Å². The molecule has 2 aromatic heterocycles. The van der Waals surface area contributed by atoms with Crippen molar-refractivity contribution in [2.24, 2.45) is 0 Å². The first-order chi connectivity index (χ1) is 8.24. The molecule has 17 heavy (non-hydrogen) atoms. The second-order valence-electron chi connectivity index (χ2n) is 3.92. The van der Waals surface area contributed by atoms with Gasteiger partial charge in [0.25, 0.3) is 0 Å². The standard InChI is InChI=1S/C12H11N5/c1-7-4-8(13)2-3-9(7)11-16-10-5-14-6-15-12(10)17-11/h2-6H,13H2,1H3,(H,14,15,16,17). The van der Waals surface area contributed by atoms with Crippen LogP contribution in [0.4, 0.5) is 5.69 Å². The zero-order chi connectivity index (χ0) is 11.8. The summed E-state index contributed by atoms with van der Waals surface area (Å²) in [5, 5.41) is 0. The molecule has 0 saturated heterocycles. The zero-order valence-electron chi connectivity index (χ0n) is 9.31. The van der Waals surface area contributed by atoms with Crippen LogP contribution in [0.2, 0.25) is 0 Å². The Morgan fingerprint density at radius 3 is 2.94 bits per heavy atom. The van der Waals surface area contributed by atoms with Crippen molar-refractivity contribution in [3.05, 3.63) is 36.3 Å². The Morgan fingerprint density at radius 2 is 2.18 bits per heavy atom. The normalized spacial score (nSPS) is 10.9. The molecule has 3 N–H and O–H groups in total. The van der Waals surface area contributed by atoms with Crippen LogP contribution in [-0.2, 0) is 0 Å². The Balaban J connectivity index is 2.20. The predicted molar refractivity (Wildman–Crippen MR) is 66.3 cm³/mol. The Morgan fingerprint density at radius 1 is 1.29 bits per heavy atom. The Bertz CT molecular complexity index is 653. The predicted octanol–water partition coefficient (Wildman–Crippen LogP) is 1.91. The van der Waals surface area contributed by atoms with E-state index in [1.807, 2.05) is 25.1 Å². The summed E-state index contributed by atoms with van der Waals surface area (Å²) in [5.41, 5.74) is 10.1. The Kier molecular flexibility index (Phi) is 2.04. The Hall–Kier alpha value is -2.43. The number of aryl methyl sites for hydroxylation is 1. The highest BCUT2D eigenvalue weighted by Gasteiger charge is 2.08. The summed E-state index contributed by atoms with van der Waals surface area (Å²) in [6.07, 6.45) is 3.20. The van der Waals surface area contributed by atoms with Gasteiger partial charge in [0.2, 0.25) is 0 Å². The van der Waals surface area contributed by atoms with Gasteiger partial charge in [0.05, 0.1) is 6.20 Å². The van der Waals surface area contributed by atoms with Gasteiger partial charge in [-0.15, -0.1) is 0 Å². The summed E-state index contributed by atoms with van der Waals surface area (Å²) >= 11 is 0. The van der Waals surface area contributed by atoms with Crippen molar-refractivity contribution in [3.63, 3.8) is 0 Å². The number of imidazole rings is 1. The van der Waals surface area contributed by atoms with Gasteiger partial charge in [-0.25, -0.2) is 15.0 Å². The highest BCUT2D eigenvalue weighted by Crippen LogP contribution is 2.23. The quantitative estimate of drug-likeness (QED) is 0.620. The molecule has 0 aliphatic heterocycles. The number of H-pyrrole nitrogens is 1. The molecule has 0 aliphatic carbocycles. The van der Waals surface area contributed by atoms with Gasteiger partial charge in [-0.3, -0.25) is 0 Å². The molecule has 5 nitrogen and oxygen atoms in total. The molecular weight excluding hydrogens is 214 g/mol. The third-order valence-corrected chi connectivity index (χ3v) is 2.67. The topological polar surface area (TPSA) is 80.5 Å². The van der Waals surface area contributed by atoms with E-state index in [0.717, 1.165) is 28.2 Å². The van der Waals surface area contributed by atoms with Crippen molar-refractivity contribution < 1.29 is 0 Å². The Labute approximate surface area is 97.7 Å². The molecule has 0 aliphatic rings. The molecule has 0 fully saturated rings. The molecule has 0 bridgehead atoms. The second kappa shape index (κ2) is 3.55. The summed E-state index contributed by atoms with van der Waals surface area (Å²) < 4.78 is 0. The van der Waals surface area contributed by atoms with Crippen molar-refractivity contribution in [3.8, 4) is 11.4 Å². The average molecular weight is 225 g/mol. The summed E-state index contributed by atoms with van der Waals surface area (Å²) in [6, 6.07) is 5.74. The van der Waals surface area contributed by atoms with E-state index in [-0.39, 0.29) is 0 Å². The smallest absolute Gasteiger partial charge is 0.181 e. The van der Waals surface area contributed by atoms with Crippen molar-refractivity contribution in [2.75, 3.05) is 5.73 Å². The second-order valence-corrected chi connectivity index (χ2v) is 3.92. The summed E-state index contributed by atoms with van der Waals surface area (Å²) in [6.45, 7) is 2.00. The van der Waals surface area contributed by atoms with Gasteiger partial charge in [0, 0.05) is 11.3 Å². The van der Waals surface area contributed by atoms with Crippen molar-refractivity contribution in [1.82, 2.24) is 19.9 Å². The van der Waals surface area contributed by atoms with Crippen LogP contribution < -0.4 is 5.73 Å². The third-order valence-electron chi connectivity index (χ3n) is 2.67. The molecule has 3 rings (SSSR count). The van der Waals surface area contributed by atoms with E-state index in [9.17, 15) is 0 Å². The maximum Gasteiger partial charge on any atom is 0.181 e. The molecule has 0 unspecified atom stereocenters. The van der Waals surface area contributed by atoms with Crippen molar-refractivity contribution in [1.29, 1.82) is 0 Å². The van der Waals surface area contributed by atoms with Gasteiger partial charge >= 0.3 is 0 Å². The lowest BCUT2D eigenvalue weighted by Gasteiger charge is -2.02. The fourth-order valence-corrected chi connectivity index (χ4v) is 1.84. The molecule has 0 atom stereocenters. The number of hydrogen-bond donors (Lipinski definition) is 2. The molecule has 0 spiro atoms.